The number of ether oxygens (including phenoxy) is 2. The molecule has 0 bridgehead atoms. The van der Waals surface area contributed by atoms with Crippen molar-refractivity contribution in [1.29, 1.82) is 0 Å². The summed E-state index contributed by atoms with van der Waals surface area (Å²) in [7, 11) is 0. The largest absolute Gasteiger partial charge is 0.479 e. The van der Waals surface area contributed by atoms with Crippen LogP contribution < -0.4 is 9.47 Å². The Morgan fingerprint density at radius 2 is 1.74 bits per heavy atom. The second kappa shape index (κ2) is 10.9. The molecule has 1 atom stereocenters. The fourth-order valence-corrected chi connectivity index (χ4v) is 3.69. The summed E-state index contributed by atoms with van der Waals surface area (Å²) in [4.78, 5) is 33.4. The molecule has 0 spiro atoms. The summed E-state index contributed by atoms with van der Waals surface area (Å²) in [6.45, 7) is 2.85. The summed E-state index contributed by atoms with van der Waals surface area (Å²) >= 11 is 5.85. The Bertz CT molecular complexity index is 1010. The molecular formula is C23H24ClF3N2O5. The molecule has 1 aromatic heterocycles. The molecule has 1 amide bonds. The Labute approximate surface area is 199 Å². The fourth-order valence-electron chi connectivity index (χ4n) is 3.49. The maximum atomic E-state index is 12.7. The minimum absolute atomic E-state index is 0.135. The van der Waals surface area contributed by atoms with Gasteiger partial charge in [0.05, 0.1) is 11.6 Å². The first-order chi connectivity index (χ1) is 16.0. The molecule has 1 aromatic carbocycles. The smallest absolute Gasteiger partial charge is 0.417 e. The zero-order valence-electron chi connectivity index (χ0n) is 18.6. The molecule has 2 aromatic rings. The van der Waals surface area contributed by atoms with Crippen LogP contribution in [-0.2, 0) is 20.6 Å². The lowest BCUT2D eigenvalue weighted by Gasteiger charge is -2.32. The van der Waals surface area contributed by atoms with Crippen molar-refractivity contribution < 1.29 is 37.1 Å². The van der Waals surface area contributed by atoms with Gasteiger partial charge in [-0.3, -0.25) is 4.79 Å². The van der Waals surface area contributed by atoms with E-state index in [9.17, 15) is 22.8 Å². The number of nitrogens with zero attached hydrogens (tertiary/aromatic N) is 2. The lowest BCUT2D eigenvalue weighted by Crippen LogP contribution is -2.44. The molecule has 7 nitrogen and oxygen atoms in total. The number of aromatic nitrogens is 1. The zero-order chi connectivity index (χ0) is 24.9. The summed E-state index contributed by atoms with van der Waals surface area (Å²) in [5.74, 6) is -0.675. The van der Waals surface area contributed by atoms with Gasteiger partial charge in [-0.15, -0.1) is 0 Å². The molecule has 0 radical (unpaired) electrons. The first kappa shape index (κ1) is 25.6. The number of halogens is 4. The van der Waals surface area contributed by atoms with Crippen molar-refractivity contribution in [2.24, 2.45) is 0 Å². The van der Waals surface area contributed by atoms with Crippen LogP contribution >= 0.6 is 11.6 Å². The molecule has 1 saturated carbocycles. The molecule has 11 heteroatoms. The van der Waals surface area contributed by atoms with Crippen LogP contribution in [0.2, 0.25) is 5.02 Å². The molecule has 0 aliphatic heterocycles. The van der Waals surface area contributed by atoms with Gasteiger partial charge in [0.2, 0.25) is 5.88 Å². The maximum absolute atomic E-state index is 12.7. The van der Waals surface area contributed by atoms with E-state index >= 15 is 0 Å². The van der Waals surface area contributed by atoms with Crippen molar-refractivity contribution in [3.63, 3.8) is 0 Å². The van der Waals surface area contributed by atoms with Gasteiger partial charge in [-0.05, 0) is 50.1 Å². The third kappa shape index (κ3) is 6.75. The highest BCUT2D eigenvalue weighted by Gasteiger charge is 2.32. The fraction of sp³-hybridized carbons (Fsp3) is 0.435. The van der Waals surface area contributed by atoms with E-state index in [0.29, 0.717) is 11.9 Å². The first-order valence-electron chi connectivity index (χ1n) is 10.7. The third-order valence-electron chi connectivity index (χ3n) is 5.22. The second-order valence-electron chi connectivity index (χ2n) is 7.89. The van der Waals surface area contributed by atoms with Crippen LogP contribution in [-0.4, -0.2) is 34.1 Å². The Morgan fingerprint density at radius 1 is 1.12 bits per heavy atom. The number of carbonyl (C=O) groups excluding carboxylic acids is 2. The van der Waals surface area contributed by atoms with Crippen LogP contribution in [0.5, 0.6) is 17.4 Å². The Hall–Kier alpha value is -3.01. The van der Waals surface area contributed by atoms with Gasteiger partial charge in [0.1, 0.15) is 16.5 Å². The average Bonchev–Trinajstić information content (AvgIpc) is 2.79. The molecule has 0 saturated heterocycles. The van der Waals surface area contributed by atoms with Gasteiger partial charge in [0.25, 0.3) is 5.91 Å². The highest BCUT2D eigenvalue weighted by atomic mass is 35.5. The predicted molar refractivity (Wildman–Crippen MR) is 116 cm³/mol. The minimum Gasteiger partial charge on any atom is -0.479 e. The van der Waals surface area contributed by atoms with Crippen molar-refractivity contribution in [1.82, 2.24) is 10.0 Å². The van der Waals surface area contributed by atoms with E-state index in [2.05, 4.69) is 4.98 Å². The molecule has 184 valence electrons. The molecule has 1 aliphatic rings. The van der Waals surface area contributed by atoms with Crippen LogP contribution in [0.15, 0.2) is 36.5 Å². The molecule has 1 fully saturated rings. The Kier molecular flexibility index (Phi) is 8.24. The van der Waals surface area contributed by atoms with E-state index in [4.69, 9.17) is 25.9 Å². The molecule has 1 heterocycles. The lowest BCUT2D eigenvalue weighted by molar-refractivity contribution is -0.213. The van der Waals surface area contributed by atoms with Gasteiger partial charge in [0, 0.05) is 13.1 Å². The van der Waals surface area contributed by atoms with E-state index in [1.54, 1.807) is 0 Å². The van der Waals surface area contributed by atoms with Crippen molar-refractivity contribution in [2.75, 3.05) is 0 Å². The van der Waals surface area contributed by atoms with E-state index in [-0.39, 0.29) is 28.6 Å². The van der Waals surface area contributed by atoms with Crippen LogP contribution in [0.4, 0.5) is 13.2 Å². The Morgan fingerprint density at radius 3 is 2.29 bits per heavy atom. The van der Waals surface area contributed by atoms with Gasteiger partial charge in [-0.25, -0.2) is 9.78 Å². The van der Waals surface area contributed by atoms with E-state index in [1.807, 2.05) is 0 Å². The van der Waals surface area contributed by atoms with Gasteiger partial charge in [-0.1, -0.05) is 30.9 Å². The van der Waals surface area contributed by atoms with Gasteiger partial charge in [-0.2, -0.15) is 18.2 Å². The quantitative estimate of drug-likeness (QED) is 0.456. The normalized spacial score (nSPS) is 15.4. The number of rotatable bonds is 6. The van der Waals surface area contributed by atoms with Crippen molar-refractivity contribution in [2.45, 2.75) is 64.3 Å². The number of pyridine rings is 1. The molecular weight excluding hydrogens is 477 g/mol. The van der Waals surface area contributed by atoms with E-state index < -0.39 is 23.8 Å². The number of hydroxylamine groups is 2. The molecule has 3 rings (SSSR count). The van der Waals surface area contributed by atoms with Crippen LogP contribution in [0, 0.1) is 0 Å². The zero-order valence-corrected chi connectivity index (χ0v) is 19.4. The van der Waals surface area contributed by atoms with Gasteiger partial charge < -0.3 is 14.3 Å². The average molecular weight is 501 g/mol. The molecule has 1 unspecified atom stereocenters. The number of amides is 1. The summed E-state index contributed by atoms with van der Waals surface area (Å²) in [5, 5.41) is 0.846. The number of carbonyl (C=O) groups is 2. The van der Waals surface area contributed by atoms with Crippen LogP contribution in [0.3, 0.4) is 0 Å². The lowest BCUT2D eigenvalue weighted by atomic mass is 9.95. The van der Waals surface area contributed by atoms with Crippen molar-refractivity contribution in [3.05, 3.63) is 47.1 Å². The number of benzene rings is 1. The number of alkyl halides is 3. The number of hydrogen-bond acceptors (Lipinski definition) is 6. The summed E-state index contributed by atoms with van der Waals surface area (Å²) in [6.07, 6.45) is -0.338. The Balaban J connectivity index is 1.58. The highest BCUT2D eigenvalue weighted by molar-refractivity contribution is 6.31. The van der Waals surface area contributed by atoms with Crippen LogP contribution in [0.1, 0.15) is 51.5 Å². The summed E-state index contributed by atoms with van der Waals surface area (Å²) in [5.41, 5.74) is -0.985. The van der Waals surface area contributed by atoms with E-state index in [0.717, 1.165) is 43.2 Å². The summed E-state index contributed by atoms with van der Waals surface area (Å²) < 4.78 is 49.2. The minimum atomic E-state index is -4.57. The van der Waals surface area contributed by atoms with Crippen molar-refractivity contribution >= 4 is 23.5 Å². The van der Waals surface area contributed by atoms with Crippen LogP contribution in [0.25, 0.3) is 0 Å². The van der Waals surface area contributed by atoms with Crippen molar-refractivity contribution in [3.8, 4) is 17.4 Å². The SMILES string of the molecule is CC(=O)N(OC(=O)C(C)Oc1ccc(Oc2ncc(C(F)(F)F)cc2Cl)cc1)C1CCCCC1. The molecule has 1 aliphatic carbocycles. The molecule has 34 heavy (non-hydrogen) atoms. The second-order valence-corrected chi connectivity index (χ2v) is 8.30. The van der Waals surface area contributed by atoms with Gasteiger partial charge >= 0.3 is 12.1 Å². The topological polar surface area (TPSA) is 78.0 Å². The number of hydrogen-bond donors (Lipinski definition) is 0. The first-order valence-corrected chi connectivity index (χ1v) is 11.1. The van der Waals surface area contributed by atoms with Gasteiger partial charge in [0.15, 0.2) is 6.10 Å². The maximum Gasteiger partial charge on any atom is 0.417 e. The van der Waals surface area contributed by atoms with E-state index in [1.165, 1.54) is 38.1 Å². The standard InChI is InChI=1S/C23H24ClF3N2O5/c1-14(22(31)34-29(15(2)30)17-6-4-3-5-7-17)32-18-8-10-19(11-9-18)33-21-20(24)12-16(13-28-21)23(25,26)27/h8-14,17H,3-7H2,1-2H3. The highest BCUT2D eigenvalue weighted by Crippen LogP contribution is 2.35. The molecule has 0 N–H and O–H groups in total. The summed E-state index contributed by atoms with van der Waals surface area (Å²) in [6, 6.07) is 6.55. The monoisotopic (exact) mass is 500 g/mol. The third-order valence-corrected chi connectivity index (χ3v) is 5.49. The predicted octanol–water partition coefficient (Wildman–Crippen LogP) is 5.95.